The van der Waals surface area contributed by atoms with Crippen LogP contribution < -0.4 is 5.43 Å². The lowest BCUT2D eigenvalue weighted by Gasteiger charge is -2.13. The van der Waals surface area contributed by atoms with Gasteiger partial charge in [-0.15, -0.1) is 0 Å². The number of rotatable bonds is 6. The van der Waals surface area contributed by atoms with E-state index in [0.29, 0.717) is 16.8 Å². The van der Waals surface area contributed by atoms with Gasteiger partial charge in [0, 0.05) is 6.20 Å². The summed E-state index contributed by atoms with van der Waals surface area (Å²) in [5.41, 5.74) is 3.66. The Labute approximate surface area is 154 Å². The molecule has 1 N–H and O–H groups in total. The van der Waals surface area contributed by atoms with Crippen LogP contribution in [0.3, 0.4) is 0 Å². The fourth-order valence-electron chi connectivity index (χ4n) is 2.41. The van der Waals surface area contributed by atoms with Gasteiger partial charge in [0.2, 0.25) is 5.91 Å². The first-order valence-electron chi connectivity index (χ1n) is 7.87. The predicted octanol–water partition coefficient (Wildman–Crippen LogP) is 1.96. The van der Waals surface area contributed by atoms with Crippen LogP contribution in [0, 0.1) is 0 Å². The van der Waals surface area contributed by atoms with Crippen LogP contribution >= 0.6 is 11.8 Å². The number of aromatic nitrogens is 1. The maximum atomic E-state index is 12.3. The van der Waals surface area contributed by atoms with Crippen LogP contribution in [-0.2, 0) is 4.79 Å². The van der Waals surface area contributed by atoms with E-state index in [0.717, 1.165) is 9.93 Å². The van der Waals surface area contributed by atoms with Gasteiger partial charge in [-0.25, -0.2) is 10.4 Å². The number of nitrogens with zero attached hydrogens (tertiary/aromatic N) is 3. The summed E-state index contributed by atoms with van der Waals surface area (Å²) in [4.78, 5) is 41.7. The fraction of sp³-hybridized carbons (Fsp3) is 0.167. The average Bonchev–Trinajstić information content (AvgIpc) is 2.91. The standard InChI is InChI=1S/C18H16N4O3S/c1-12(20-21-15(23)11-26-16-8-4-5-9-19-16)10-22-17(24)13-6-2-3-7-14(13)18(22)25/h2-9H,10-11H2,1H3,(H,21,23). The number of benzene rings is 1. The Morgan fingerprint density at radius 1 is 1.12 bits per heavy atom. The maximum absolute atomic E-state index is 12.3. The van der Waals surface area contributed by atoms with Crippen molar-refractivity contribution in [1.29, 1.82) is 0 Å². The highest BCUT2D eigenvalue weighted by atomic mass is 32.2. The van der Waals surface area contributed by atoms with Crippen LogP contribution in [-0.4, -0.2) is 45.6 Å². The Bertz CT molecular complexity index is 848. The van der Waals surface area contributed by atoms with Crippen molar-refractivity contribution in [3.05, 3.63) is 59.8 Å². The molecule has 1 aromatic heterocycles. The molecule has 0 bridgehead atoms. The van der Waals surface area contributed by atoms with E-state index in [2.05, 4.69) is 15.5 Å². The number of amides is 3. The lowest BCUT2D eigenvalue weighted by molar-refractivity contribution is -0.118. The van der Waals surface area contributed by atoms with E-state index in [9.17, 15) is 14.4 Å². The van der Waals surface area contributed by atoms with Crippen molar-refractivity contribution in [3.63, 3.8) is 0 Å². The number of hydrogen-bond acceptors (Lipinski definition) is 6. The van der Waals surface area contributed by atoms with Gasteiger partial charge < -0.3 is 0 Å². The first kappa shape index (κ1) is 17.8. The number of thioether (sulfide) groups is 1. The highest BCUT2D eigenvalue weighted by Crippen LogP contribution is 2.22. The monoisotopic (exact) mass is 368 g/mol. The molecule has 3 amide bonds. The van der Waals surface area contributed by atoms with Crippen LogP contribution in [0.15, 0.2) is 58.8 Å². The fourth-order valence-corrected chi connectivity index (χ4v) is 3.06. The summed E-state index contributed by atoms with van der Waals surface area (Å²) in [6, 6.07) is 12.1. The molecule has 2 heterocycles. The zero-order chi connectivity index (χ0) is 18.5. The van der Waals surface area contributed by atoms with Gasteiger partial charge in [-0.3, -0.25) is 19.3 Å². The first-order chi connectivity index (χ1) is 12.6. The van der Waals surface area contributed by atoms with E-state index in [-0.39, 0.29) is 30.0 Å². The van der Waals surface area contributed by atoms with E-state index in [1.807, 2.05) is 12.1 Å². The number of pyridine rings is 1. The van der Waals surface area contributed by atoms with Crippen molar-refractivity contribution >= 4 is 35.2 Å². The Morgan fingerprint density at radius 3 is 2.38 bits per heavy atom. The number of carbonyl (C=O) groups excluding carboxylic acids is 3. The Morgan fingerprint density at radius 2 is 1.77 bits per heavy atom. The molecule has 1 aliphatic rings. The van der Waals surface area contributed by atoms with Crippen LogP contribution in [0.1, 0.15) is 27.6 Å². The molecule has 8 heteroatoms. The van der Waals surface area contributed by atoms with Gasteiger partial charge in [-0.05, 0) is 31.2 Å². The third-order valence-electron chi connectivity index (χ3n) is 3.63. The van der Waals surface area contributed by atoms with Crippen LogP contribution in [0.4, 0.5) is 0 Å². The van der Waals surface area contributed by atoms with E-state index >= 15 is 0 Å². The lowest BCUT2D eigenvalue weighted by Crippen LogP contribution is -2.35. The molecule has 0 aliphatic carbocycles. The van der Waals surface area contributed by atoms with Crippen molar-refractivity contribution in [2.24, 2.45) is 5.10 Å². The molecule has 0 fully saturated rings. The molecular formula is C18H16N4O3S. The zero-order valence-corrected chi connectivity index (χ0v) is 14.8. The van der Waals surface area contributed by atoms with E-state index in [4.69, 9.17) is 0 Å². The van der Waals surface area contributed by atoms with Crippen molar-refractivity contribution in [1.82, 2.24) is 15.3 Å². The Hall–Kier alpha value is -3.00. The summed E-state index contributed by atoms with van der Waals surface area (Å²) in [7, 11) is 0. The summed E-state index contributed by atoms with van der Waals surface area (Å²) in [5, 5.41) is 4.71. The second-order valence-corrected chi connectivity index (χ2v) is 6.58. The molecule has 0 radical (unpaired) electrons. The number of nitrogens with one attached hydrogen (secondary N) is 1. The van der Waals surface area contributed by atoms with E-state index in [1.54, 1.807) is 43.5 Å². The molecule has 1 aliphatic heterocycles. The summed E-state index contributed by atoms with van der Waals surface area (Å²) in [5.74, 6) is -0.822. The van der Waals surface area contributed by atoms with Gasteiger partial charge in [-0.2, -0.15) is 5.10 Å². The van der Waals surface area contributed by atoms with Crippen molar-refractivity contribution in [3.8, 4) is 0 Å². The van der Waals surface area contributed by atoms with Crippen molar-refractivity contribution in [2.75, 3.05) is 12.3 Å². The minimum Gasteiger partial charge on any atom is -0.272 e. The SMILES string of the molecule is CC(CN1C(=O)c2ccccc2C1=O)=NNC(=O)CSc1ccccn1. The maximum Gasteiger partial charge on any atom is 0.261 e. The first-order valence-corrected chi connectivity index (χ1v) is 8.86. The molecule has 0 spiro atoms. The summed E-state index contributed by atoms with van der Waals surface area (Å²) in [6.07, 6.45) is 1.66. The topological polar surface area (TPSA) is 91.7 Å². The van der Waals surface area contributed by atoms with Crippen LogP contribution in [0.5, 0.6) is 0 Å². The summed E-state index contributed by atoms with van der Waals surface area (Å²) in [6.45, 7) is 1.68. The highest BCUT2D eigenvalue weighted by molar-refractivity contribution is 7.99. The second-order valence-electron chi connectivity index (χ2n) is 5.58. The number of hydrogen-bond donors (Lipinski definition) is 1. The number of fused-ring (bicyclic) bond motifs is 1. The van der Waals surface area contributed by atoms with E-state index in [1.165, 1.54) is 11.8 Å². The molecule has 2 aromatic rings. The third-order valence-corrected chi connectivity index (χ3v) is 4.57. The van der Waals surface area contributed by atoms with Gasteiger partial charge in [0.1, 0.15) is 0 Å². The molecule has 1 aromatic carbocycles. The van der Waals surface area contributed by atoms with Crippen LogP contribution in [0.25, 0.3) is 0 Å². The molecule has 26 heavy (non-hydrogen) atoms. The molecular weight excluding hydrogens is 352 g/mol. The Balaban J connectivity index is 1.53. The molecule has 0 atom stereocenters. The minimum absolute atomic E-state index is 0.0278. The van der Waals surface area contributed by atoms with Gasteiger partial charge >= 0.3 is 0 Å². The second kappa shape index (κ2) is 7.92. The molecule has 0 saturated carbocycles. The number of imide groups is 1. The molecule has 0 saturated heterocycles. The highest BCUT2D eigenvalue weighted by Gasteiger charge is 2.35. The molecule has 132 valence electrons. The normalized spacial score (nSPS) is 13.7. The minimum atomic E-state index is -0.350. The van der Waals surface area contributed by atoms with E-state index < -0.39 is 0 Å². The smallest absolute Gasteiger partial charge is 0.261 e. The molecule has 7 nitrogen and oxygen atoms in total. The van der Waals surface area contributed by atoms with Gasteiger partial charge in [0.15, 0.2) is 0 Å². The van der Waals surface area contributed by atoms with Gasteiger partial charge in [-0.1, -0.05) is 30.0 Å². The third kappa shape index (κ3) is 3.97. The quantitative estimate of drug-likeness (QED) is 0.364. The average molecular weight is 368 g/mol. The largest absolute Gasteiger partial charge is 0.272 e. The van der Waals surface area contributed by atoms with Crippen molar-refractivity contribution < 1.29 is 14.4 Å². The number of carbonyl (C=O) groups is 3. The van der Waals surface area contributed by atoms with Gasteiger partial charge in [0.25, 0.3) is 11.8 Å². The zero-order valence-electron chi connectivity index (χ0n) is 14.0. The van der Waals surface area contributed by atoms with Crippen LogP contribution in [0.2, 0.25) is 0 Å². The molecule has 0 unspecified atom stereocenters. The van der Waals surface area contributed by atoms with Gasteiger partial charge in [0.05, 0.1) is 34.2 Å². The van der Waals surface area contributed by atoms with Crippen molar-refractivity contribution in [2.45, 2.75) is 11.9 Å². The summed E-state index contributed by atoms with van der Waals surface area (Å²) < 4.78 is 0. The predicted molar refractivity (Wildman–Crippen MR) is 98.0 cm³/mol. The molecule has 3 rings (SSSR count). The Kier molecular flexibility index (Phi) is 5.43. The lowest BCUT2D eigenvalue weighted by atomic mass is 10.1. The number of hydrazone groups is 1. The summed E-state index contributed by atoms with van der Waals surface area (Å²) >= 11 is 1.29.